The van der Waals surface area contributed by atoms with Gasteiger partial charge in [-0.15, -0.1) is 0 Å². The first kappa shape index (κ1) is 23.0. The quantitative estimate of drug-likeness (QED) is 0.833. The summed E-state index contributed by atoms with van der Waals surface area (Å²) in [6, 6.07) is 1.45. The number of methoxy groups -OCH3 is 1. The van der Waals surface area contributed by atoms with Crippen LogP contribution in [0.25, 0.3) is 0 Å². The molecule has 0 aliphatic carbocycles. The molecule has 1 aliphatic heterocycles. The Morgan fingerprint density at radius 1 is 1.12 bits per heavy atom. The Labute approximate surface area is 151 Å². The van der Waals surface area contributed by atoms with Gasteiger partial charge >= 0.3 is 6.09 Å². The molecule has 0 bridgehead atoms. The fourth-order valence-electron chi connectivity index (χ4n) is 2.33. The van der Waals surface area contributed by atoms with Crippen molar-refractivity contribution in [1.82, 2.24) is 9.88 Å². The van der Waals surface area contributed by atoms with E-state index >= 15 is 0 Å². The standard InChI is InChI=1S/C15H22N2O4.2C2H6/c1-15(2,3)21-14(19)17-7-5-10-11(6-8-17)16-13(20-4)9-12(10)18;2*1-2/h9H,5-8H2,1-4H3,(H,16,18);2*1-2H3. The average molecular weight is 354 g/mol. The van der Waals surface area contributed by atoms with Gasteiger partial charge in [-0.1, -0.05) is 27.7 Å². The molecule has 0 saturated heterocycles. The lowest BCUT2D eigenvalue weighted by molar-refractivity contribution is 0.0258. The largest absolute Gasteiger partial charge is 0.482 e. The van der Waals surface area contributed by atoms with Crippen LogP contribution in [0.2, 0.25) is 0 Å². The van der Waals surface area contributed by atoms with Crippen LogP contribution in [0.1, 0.15) is 59.7 Å². The van der Waals surface area contributed by atoms with Gasteiger partial charge in [0.05, 0.1) is 7.11 Å². The Morgan fingerprint density at radius 2 is 1.68 bits per heavy atom. The molecule has 1 aliphatic rings. The van der Waals surface area contributed by atoms with Crippen LogP contribution in [0, 0.1) is 0 Å². The lowest BCUT2D eigenvalue weighted by atomic mass is 10.1. The number of aromatic amines is 1. The Balaban J connectivity index is 0.00000134. The fourth-order valence-corrected chi connectivity index (χ4v) is 2.33. The maximum atomic E-state index is 12.1. The fraction of sp³-hybridized carbons (Fsp3) is 0.684. The molecule has 6 heteroatoms. The molecule has 0 saturated carbocycles. The number of pyridine rings is 1. The van der Waals surface area contributed by atoms with Crippen LogP contribution in [0.15, 0.2) is 10.9 Å². The first-order valence-electron chi connectivity index (χ1n) is 9.07. The van der Waals surface area contributed by atoms with Crippen LogP contribution in [0.5, 0.6) is 5.88 Å². The number of nitrogens with zero attached hydrogens (tertiary/aromatic N) is 1. The predicted molar refractivity (Wildman–Crippen MR) is 102 cm³/mol. The topological polar surface area (TPSA) is 71.6 Å². The van der Waals surface area contributed by atoms with Crippen molar-refractivity contribution >= 4 is 6.09 Å². The van der Waals surface area contributed by atoms with E-state index in [9.17, 15) is 9.59 Å². The van der Waals surface area contributed by atoms with Gasteiger partial charge in [-0.25, -0.2) is 4.79 Å². The van der Waals surface area contributed by atoms with Crippen LogP contribution >= 0.6 is 0 Å². The summed E-state index contributed by atoms with van der Waals surface area (Å²) in [5.74, 6) is 0.449. The lowest BCUT2D eigenvalue weighted by Crippen LogP contribution is -2.38. The second-order valence-corrected chi connectivity index (χ2v) is 6.13. The smallest absolute Gasteiger partial charge is 0.410 e. The molecule has 6 nitrogen and oxygen atoms in total. The highest BCUT2D eigenvalue weighted by molar-refractivity contribution is 5.68. The normalized spacial score (nSPS) is 13.2. The van der Waals surface area contributed by atoms with Crippen molar-refractivity contribution in [2.75, 3.05) is 20.2 Å². The summed E-state index contributed by atoms with van der Waals surface area (Å²) in [5, 5.41) is 0. The van der Waals surface area contributed by atoms with E-state index in [1.807, 2.05) is 48.5 Å². The van der Waals surface area contributed by atoms with E-state index in [-0.39, 0.29) is 11.5 Å². The number of hydrogen-bond acceptors (Lipinski definition) is 4. The molecule has 0 atom stereocenters. The SMILES string of the molecule is CC.CC.COc1cc(=O)c2c([nH]1)CCN(C(=O)OC(C)(C)C)CC2. The summed E-state index contributed by atoms with van der Waals surface area (Å²) < 4.78 is 10.5. The average Bonchev–Trinajstić information content (AvgIpc) is 2.80. The molecule has 2 heterocycles. The Kier molecular flexibility index (Phi) is 9.94. The van der Waals surface area contributed by atoms with Gasteiger partial charge in [-0.05, 0) is 27.2 Å². The molecule has 144 valence electrons. The predicted octanol–water partition coefficient (Wildman–Crippen LogP) is 3.77. The van der Waals surface area contributed by atoms with Gasteiger partial charge in [0.1, 0.15) is 5.60 Å². The van der Waals surface area contributed by atoms with Gasteiger partial charge in [-0.2, -0.15) is 0 Å². The molecular formula is C19H34N2O4. The summed E-state index contributed by atoms with van der Waals surface area (Å²) in [7, 11) is 1.52. The highest BCUT2D eigenvalue weighted by Crippen LogP contribution is 2.16. The van der Waals surface area contributed by atoms with Crippen molar-refractivity contribution < 1.29 is 14.3 Å². The van der Waals surface area contributed by atoms with Gasteiger partial charge in [0, 0.05) is 36.8 Å². The Hall–Kier alpha value is -1.98. The molecule has 0 spiro atoms. The zero-order chi connectivity index (χ0) is 19.6. The molecule has 25 heavy (non-hydrogen) atoms. The summed E-state index contributed by atoms with van der Waals surface area (Å²) in [5.41, 5.74) is 0.994. The number of carbonyl (C=O) groups is 1. The second kappa shape index (κ2) is 10.8. The van der Waals surface area contributed by atoms with Crippen LogP contribution in [-0.2, 0) is 17.6 Å². The first-order chi connectivity index (χ1) is 11.8. The Morgan fingerprint density at radius 3 is 2.20 bits per heavy atom. The van der Waals surface area contributed by atoms with Crippen molar-refractivity contribution in [1.29, 1.82) is 0 Å². The molecule has 0 radical (unpaired) electrons. The van der Waals surface area contributed by atoms with Gasteiger partial charge < -0.3 is 19.4 Å². The summed E-state index contributed by atoms with van der Waals surface area (Å²) in [6.45, 7) is 14.5. The van der Waals surface area contributed by atoms with Crippen LogP contribution in [0.3, 0.4) is 0 Å². The number of carbonyl (C=O) groups excluding carboxylic acids is 1. The van der Waals surface area contributed by atoms with E-state index in [1.54, 1.807) is 4.90 Å². The maximum Gasteiger partial charge on any atom is 0.410 e. The first-order valence-corrected chi connectivity index (χ1v) is 9.07. The minimum absolute atomic E-state index is 0.0494. The molecular weight excluding hydrogens is 320 g/mol. The third-order valence-corrected chi connectivity index (χ3v) is 3.33. The lowest BCUT2D eigenvalue weighted by Gasteiger charge is -2.26. The molecule has 0 fully saturated rings. The minimum Gasteiger partial charge on any atom is -0.482 e. The molecule has 1 aromatic heterocycles. The van der Waals surface area contributed by atoms with Crippen LogP contribution in [0.4, 0.5) is 4.79 Å². The van der Waals surface area contributed by atoms with E-state index in [0.717, 1.165) is 11.3 Å². The highest BCUT2D eigenvalue weighted by atomic mass is 16.6. The number of hydrogen-bond donors (Lipinski definition) is 1. The number of nitrogens with one attached hydrogen (secondary N) is 1. The van der Waals surface area contributed by atoms with Crippen molar-refractivity contribution in [3.8, 4) is 5.88 Å². The molecule has 0 aromatic carbocycles. The summed E-state index contributed by atoms with van der Waals surface area (Å²) >= 11 is 0. The summed E-state index contributed by atoms with van der Waals surface area (Å²) in [4.78, 5) is 28.9. The van der Waals surface area contributed by atoms with Gasteiger partial charge in [0.2, 0.25) is 0 Å². The number of fused-ring (bicyclic) bond motifs is 1. The number of amides is 1. The van der Waals surface area contributed by atoms with E-state index in [1.165, 1.54) is 13.2 Å². The maximum absolute atomic E-state index is 12.1. The van der Waals surface area contributed by atoms with E-state index in [2.05, 4.69) is 4.98 Å². The van der Waals surface area contributed by atoms with Crippen molar-refractivity contribution in [3.05, 3.63) is 27.5 Å². The van der Waals surface area contributed by atoms with Gasteiger partial charge in [-0.3, -0.25) is 4.79 Å². The van der Waals surface area contributed by atoms with Crippen molar-refractivity contribution in [2.45, 2.75) is 66.9 Å². The van der Waals surface area contributed by atoms with E-state index in [4.69, 9.17) is 9.47 Å². The molecule has 2 rings (SSSR count). The van der Waals surface area contributed by atoms with E-state index in [0.29, 0.717) is 31.8 Å². The van der Waals surface area contributed by atoms with Crippen LogP contribution in [-0.4, -0.2) is 41.8 Å². The number of ether oxygens (including phenoxy) is 2. The van der Waals surface area contributed by atoms with Crippen molar-refractivity contribution in [3.63, 3.8) is 0 Å². The summed E-state index contributed by atoms with van der Waals surface area (Å²) in [6.07, 6.45) is 0.768. The molecule has 1 amide bonds. The third kappa shape index (κ3) is 7.20. The monoisotopic (exact) mass is 354 g/mol. The van der Waals surface area contributed by atoms with E-state index < -0.39 is 5.60 Å². The highest BCUT2D eigenvalue weighted by Gasteiger charge is 2.25. The van der Waals surface area contributed by atoms with Crippen LogP contribution < -0.4 is 10.2 Å². The molecule has 0 unspecified atom stereocenters. The van der Waals surface area contributed by atoms with Crippen molar-refractivity contribution in [2.24, 2.45) is 0 Å². The second-order valence-electron chi connectivity index (χ2n) is 6.13. The Bertz CT molecular complexity index is 588. The van der Waals surface area contributed by atoms with Gasteiger partial charge in [0.25, 0.3) is 0 Å². The molecule has 1 aromatic rings. The van der Waals surface area contributed by atoms with Gasteiger partial charge in [0.15, 0.2) is 11.3 Å². The zero-order valence-electron chi connectivity index (χ0n) is 17.0. The molecule has 1 N–H and O–H groups in total. The minimum atomic E-state index is -0.519. The number of rotatable bonds is 1. The number of H-pyrrole nitrogens is 1. The third-order valence-electron chi connectivity index (χ3n) is 3.33. The zero-order valence-corrected chi connectivity index (χ0v) is 17.0. The number of aromatic nitrogens is 1.